The highest BCUT2D eigenvalue weighted by Crippen LogP contribution is 2.34. The zero-order valence-corrected chi connectivity index (χ0v) is 12.1. The van der Waals surface area contributed by atoms with Gasteiger partial charge in [0.2, 0.25) is 5.91 Å². The normalized spacial score (nSPS) is 26.1. The third-order valence-electron chi connectivity index (χ3n) is 4.49. The molecule has 2 unspecified atom stereocenters. The molecule has 0 spiro atoms. The summed E-state index contributed by atoms with van der Waals surface area (Å²) in [6, 6.07) is 9.67. The first-order valence-corrected chi connectivity index (χ1v) is 7.66. The highest BCUT2D eigenvalue weighted by Gasteiger charge is 2.34. The summed E-state index contributed by atoms with van der Waals surface area (Å²) in [5.41, 5.74) is 9.99. The predicted molar refractivity (Wildman–Crippen MR) is 80.7 cm³/mol. The molecule has 3 rings (SSSR count). The van der Waals surface area contributed by atoms with Crippen LogP contribution in [0.2, 0.25) is 0 Å². The first kappa shape index (κ1) is 14.0. The summed E-state index contributed by atoms with van der Waals surface area (Å²) >= 11 is 0. The molecule has 21 heavy (non-hydrogen) atoms. The maximum atomic E-state index is 12.5. The summed E-state index contributed by atoms with van der Waals surface area (Å²) < 4.78 is 0. The standard InChI is InChI=1S/C16H20N4O/c17-19-18-15-10-14(13-4-2-1-3-5-13)8-9-20(16(15)21)11-12-6-7-12/h1-5,12,14-15H,6-11H2. The molecular weight excluding hydrogens is 264 g/mol. The maximum Gasteiger partial charge on any atom is 0.231 e. The molecule has 0 N–H and O–H groups in total. The molecule has 1 saturated carbocycles. The van der Waals surface area contributed by atoms with Gasteiger partial charge in [-0.05, 0) is 48.6 Å². The number of hydrogen-bond donors (Lipinski definition) is 0. The predicted octanol–water partition coefficient (Wildman–Crippen LogP) is 3.48. The SMILES string of the molecule is [N-]=[N+]=NC1CC(c2ccccc2)CCN(CC2CC2)C1=O. The lowest BCUT2D eigenvalue weighted by molar-refractivity contribution is -0.132. The van der Waals surface area contributed by atoms with Crippen molar-refractivity contribution in [1.82, 2.24) is 4.90 Å². The molecule has 2 fully saturated rings. The van der Waals surface area contributed by atoms with Crippen LogP contribution < -0.4 is 0 Å². The number of azide groups is 1. The summed E-state index contributed by atoms with van der Waals surface area (Å²) in [6.45, 7) is 1.60. The van der Waals surface area contributed by atoms with Crippen LogP contribution in [0.3, 0.4) is 0 Å². The van der Waals surface area contributed by atoms with Gasteiger partial charge in [-0.25, -0.2) is 0 Å². The van der Waals surface area contributed by atoms with E-state index in [1.165, 1.54) is 18.4 Å². The molecule has 110 valence electrons. The molecule has 1 aromatic carbocycles. The molecule has 1 aliphatic carbocycles. The van der Waals surface area contributed by atoms with Crippen molar-refractivity contribution in [3.63, 3.8) is 0 Å². The quantitative estimate of drug-likeness (QED) is 0.474. The number of likely N-dealkylation sites (tertiary alicyclic amines) is 1. The first-order valence-electron chi connectivity index (χ1n) is 7.66. The fourth-order valence-corrected chi connectivity index (χ4v) is 3.10. The lowest BCUT2D eigenvalue weighted by atomic mass is 9.90. The summed E-state index contributed by atoms with van der Waals surface area (Å²) in [6.07, 6.45) is 4.00. The molecule has 2 aliphatic rings. The Morgan fingerprint density at radius 2 is 2.00 bits per heavy atom. The molecule has 0 aromatic heterocycles. The van der Waals surface area contributed by atoms with Crippen LogP contribution in [0.15, 0.2) is 35.4 Å². The van der Waals surface area contributed by atoms with Gasteiger partial charge in [0, 0.05) is 18.0 Å². The van der Waals surface area contributed by atoms with Crippen LogP contribution in [-0.2, 0) is 4.79 Å². The van der Waals surface area contributed by atoms with Gasteiger partial charge in [0.1, 0.15) is 6.04 Å². The van der Waals surface area contributed by atoms with E-state index in [2.05, 4.69) is 22.2 Å². The minimum Gasteiger partial charge on any atom is -0.342 e. The highest BCUT2D eigenvalue weighted by molar-refractivity contribution is 5.82. The Morgan fingerprint density at radius 1 is 1.24 bits per heavy atom. The van der Waals surface area contributed by atoms with Crippen molar-refractivity contribution < 1.29 is 4.79 Å². The van der Waals surface area contributed by atoms with Crippen LogP contribution in [0.4, 0.5) is 0 Å². The Bertz CT molecular complexity index is 549. The van der Waals surface area contributed by atoms with Crippen molar-refractivity contribution in [3.05, 3.63) is 46.3 Å². The zero-order valence-electron chi connectivity index (χ0n) is 12.1. The van der Waals surface area contributed by atoms with Gasteiger partial charge in [0.25, 0.3) is 0 Å². The highest BCUT2D eigenvalue weighted by atomic mass is 16.2. The molecule has 1 aromatic rings. The van der Waals surface area contributed by atoms with E-state index in [0.717, 1.165) is 19.5 Å². The molecule has 5 nitrogen and oxygen atoms in total. The zero-order chi connectivity index (χ0) is 14.7. The van der Waals surface area contributed by atoms with E-state index in [-0.39, 0.29) is 11.8 Å². The number of benzene rings is 1. The van der Waals surface area contributed by atoms with E-state index in [1.54, 1.807) is 0 Å². The number of nitrogens with zero attached hydrogens (tertiary/aromatic N) is 4. The second-order valence-corrected chi connectivity index (χ2v) is 6.08. The molecule has 1 heterocycles. The van der Waals surface area contributed by atoms with E-state index < -0.39 is 6.04 Å². The van der Waals surface area contributed by atoms with Crippen LogP contribution in [0.1, 0.15) is 37.2 Å². The van der Waals surface area contributed by atoms with Gasteiger partial charge in [-0.2, -0.15) is 0 Å². The number of hydrogen-bond acceptors (Lipinski definition) is 2. The Hall–Kier alpha value is -2.00. The molecule has 5 heteroatoms. The van der Waals surface area contributed by atoms with Gasteiger partial charge in [0.15, 0.2) is 0 Å². The van der Waals surface area contributed by atoms with Crippen molar-refractivity contribution in [2.24, 2.45) is 11.0 Å². The smallest absolute Gasteiger partial charge is 0.231 e. The number of amides is 1. The minimum atomic E-state index is -0.554. The van der Waals surface area contributed by atoms with E-state index in [9.17, 15) is 4.79 Å². The van der Waals surface area contributed by atoms with Crippen molar-refractivity contribution in [2.45, 2.75) is 37.6 Å². The number of rotatable bonds is 4. The van der Waals surface area contributed by atoms with E-state index in [0.29, 0.717) is 12.3 Å². The second-order valence-electron chi connectivity index (χ2n) is 6.08. The van der Waals surface area contributed by atoms with Crippen LogP contribution in [0.5, 0.6) is 0 Å². The largest absolute Gasteiger partial charge is 0.342 e. The van der Waals surface area contributed by atoms with Crippen molar-refractivity contribution >= 4 is 5.91 Å². The molecule has 0 radical (unpaired) electrons. The first-order chi connectivity index (χ1) is 10.3. The van der Waals surface area contributed by atoms with Gasteiger partial charge in [0.05, 0.1) is 0 Å². The van der Waals surface area contributed by atoms with Gasteiger partial charge >= 0.3 is 0 Å². The maximum absolute atomic E-state index is 12.5. The van der Waals surface area contributed by atoms with Crippen molar-refractivity contribution in [1.29, 1.82) is 0 Å². The van der Waals surface area contributed by atoms with Gasteiger partial charge in [-0.3, -0.25) is 4.79 Å². The van der Waals surface area contributed by atoms with Gasteiger partial charge < -0.3 is 4.90 Å². The number of carbonyl (C=O) groups excluding carboxylic acids is 1. The van der Waals surface area contributed by atoms with Crippen LogP contribution >= 0.6 is 0 Å². The average Bonchev–Trinajstić information content (AvgIpc) is 3.33. The summed E-state index contributed by atoms with van der Waals surface area (Å²) in [4.78, 5) is 17.3. The number of carbonyl (C=O) groups is 1. The van der Waals surface area contributed by atoms with Crippen LogP contribution in [-0.4, -0.2) is 29.9 Å². The molecule has 0 bridgehead atoms. The van der Waals surface area contributed by atoms with Crippen molar-refractivity contribution in [2.75, 3.05) is 13.1 Å². The van der Waals surface area contributed by atoms with E-state index in [1.807, 2.05) is 23.1 Å². The summed E-state index contributed by atoms with van der Waals surface area (Å²) in [5.74, 6) is 0.960. The van der Waals surface area contributed by atoms with Gasteiger partial charge in [-0.1, -0.05) is 35.4 Å². The Balaban J connectivity index is 1.79. The Kier molecular flexibility index (Phi) is 4.11. The Morgan fingerprint density at radius 3 is 2.67 bits per heavy atom. The molecule has 1 saturated heterocycles. The fraction of sp³-hybridized carbons (Fsp3) is 0.562. The fourth-order valence-electron chi connectivity index (χ4n) is 3.10. The molecule has 2 atom stereocenters. The monoisotopic (exact) mass is 284 g/mol. The summed E-state index contributed by atoms with van der Waals surface area (Å²) in [5, 5.41) is 3.77. The second kappa shape index (κ2) is 6.19. The van der Waals surface area contributed by atoms with Crippen molar-refractivity contribution in [3.8, 4) is 0 Å². The lowest BCUT2D eigenvalue weighted by Gasteiger charge is -2.22. The topological polar surface area (TPSA) is 69.1 Å². The third-order valence-corrected chi connectivity index (χ3v) is 4.49. The summed E-state index contributed by atoms with van der Waals surface area (Å²) in [7, 11) is 0. The minimum absolute atomic E-state index is 0.0122. The van der Waals surface area contributed by atoms with Gasteiger partial charge in [-0.15, -0.1) is 0 Å². The van der Waals surface area contributed by atoms with E-state index >= 15 is 0 Å². The van der Waals surface area contributed by atoms with E-state index in [4.69, 9.17) is 5.53 Å². The molecule has 1 aliphatic heterocycles. The van der Waals surface area contributed by atoms with Crippen LogP contribution in [0, 0.1) is 5.92 Å². The lowest BCUT2D eigenvalue weighted by Crippen LogP contribution is -2.38. The molecular formula is C16H20N4O. The average molecular weight is 284 g/mol. The van der Waals surface area contributed by atoms with Crippen LogP contribution in [0.25, 0.3) is 10.4 Å². The Labute approximate surface area is 124 Å². The molecule has 1 amide bonds. The third kappa shape index (κ3) is 3.37.